The molecule has 2 rings (SSSR count). The minimum Gasteiger partial charge on any atom is -0.353 e. The average Bonchev–Trinajstić information content (AvgIpc) is 2.74. The Labute approximate surface area is 121 Å². The Morgan fingerprint density at radius 3 is 2.47 bits per heavy atom. The van der Waals surface area contributed by atoms with Crippen LogP contribution in [0.4, 0.5) is 0 Å². The van der Waals surface area contributed by atoms with Crippen LogP contribution in [0.2, 0.25) is 0 Å². The summed E-state index contributed by atoms with van der Waals surface area (Å²) in [5.74, 6) is 0.239. The van der Waals surface area contributed by atoms with Gasteiger partial charge in [0, 0.05) is 17.8 Å². The molecular formula is C15H28N2OS. The molecule has 0 heterocycles. The minimum atomic E-state index is -0.270. The first-order valence-electron chi connectivity index (χ1n) is 7.74. The second-order valence-corrected chi connectivity index (χ2v) is 7.38. The zero-order chi connectivity index (χ0) is 13.7. The van der Waals surface area contributed by atoms with Crippen molar-refractivity contribution in [2.45, 2.75) is 69.1 Å². The summed E-state index contributed by atoms with van der Waals surface area (Å²) in [6, 6.07) is 0.386. The molecule has 110 valence electrons. The van der Waals surface area contributed by atoms with Gasteiger partial charge in [-0.05, 0) is 38.4 Å². The van der Waals surface area contributed by atoms with E-state index in [4.69, 9.17) is 5.73 Å². The molecule has 1 amide bonds. The van der Waals surface area contributed by atoms with Gasteiger partial charge in [0.15, 0.2) is 0 Å². The fourth-order valence-electron chi connectivity index (χ4n) is 3.55. The third-order valence-corrected chi connectivity index (χ3v) is 6.08. The van der Waals surface area contributed by atoms with Crippen molar-refractivity contribution in [3.05, 3.63) is 0 Å². The molecule has 0 aromatic heterocycles. The van der Waals surface area contributed by atoms with Crippen molar-refractivity contribution in [1.82, 2.24) is 5.32 Å². The van der Waals surface area contributed by atoms with Crippen molar-refractivity contribution < 1.29 is 4.79 Å². The van der Waals surface area contributed by atoms with E-state index in [1.165, 1.54) is 19.3 Å². The van der Waals surface area contributed by atoms with E-state index in [9.17, 15) is 4.79 Å². The molecule has 0 saturated heterocycles. The Hall–Kier alpha value is -0.220. The Kier molecular flexibility index (Phi) is 5.58. The smallest absolute Gasteiger partial charge is 0.227 e. The SMILES string of the molecule is CSC1CCC(NC(=O)C2(CN)CCCCCC2)C1. The summed E-state index contributed by atoms with van der Waals surface area (Å²) in [4.78, 5) is 12.7. The van der Waals surface area contributed by atoms with Crippen molar-refractivity contribution in [3.63, 3.8) is 0 Å². The Morgan fingerprint density at radius 1 is 1.26 bits per heavy atom. The van der Waals surface area contributed by atoms with Gasteiger partial charge in [-0.3, -0.25) is 4.79 Å². The molecule has 0 aromatic rings. The fourth-order valence-corrected chi connectivity index (χ4v) is 4.35. The lowest BCUT2D eigenvalue weighted by molar-refractivity contribution is -0.132. The molecule has 2 aliphatic carbocycles. The molecule has 2 unspecified atom stereocenters. The van der Waals surface area contributed by atoms with Gasteiger partial charge in [0.2, 0.25) is 5.91 Å². The first kappa shape index (κ1) is 15.2. The highest BCUT2D eigenvalue weighted by molar-refractivity contribution is 7.99. The number of nitrogens with two attached hydrogens (primary N) is 1. The molecule has 3 N–H and O–H groups in total. The minimum absolute atomic E-state index is 0.239. The zero-order valence-corrected chi connectivity index (χ0v) is 12.9. The lowest BCUT2D eigenvalue weighted by Gasteiger charge is -2.31. The standard InChI is InChI=1S/C15H28N2OS/c1-19-13-7-6-12(10-13)17-14(18)15(11-16)8-4-2-3-5-9-15/h12-13H,2-11,16H2,1H3,(H,17,18). The molecular weight excluding hydrogens is 256 g/mol. The summed E-state index contributed by atoms with van der Waals surface area (Å²) in [7, 11) is 0. The average molecular weight is 284 g/mol. The van der Waals surface area contributed by atoms with Crippen LogP contribution in [0.1, 0.15) is 57.8 Å². The summed E-state index contributed by atoms with van der Waals surface area (Å²) in [6.45, 7) is 0.511. The van der Waals surface area contributed by atoms with Gasteiger partial charge in [-0.15, -0.1) is 0 Å². The van der Waals surface area contributed by atoms with Gasteiger partial charge >= 0.3 is 0 Å². The number of rotatable bonds is 4. The lowest BCUT2D eigenvalue weighted by Crippen LogP contribution is -2.48. The summed E-state index contributed by atoms with van der Waals surface area (Å²) in [6.07, 6.45) is 12.5. The first-order chi connectivity index (χ1) is 9.20. The van der Waals surface area contributed by atoms with E-state index in [1.54, 1.807) is 0 Å². The van der Waals surface area contributed by atoms with Crippen LogP contribution in [0.25, 0.3) is 0 Å². The van der Waals surface area contributed by atoms with Crippen molar-refractivity contribution in [1.29, 1.82) is 0 Å². The largest absolute Gasteiger partial charge is 0.353 e. The molecule has 0 aromatic carbocycles. The van der Waals surface area contributed by atoms with Crippen LogP contribution < -0.4 is 11.1 Å². The molecule has 2 aliphatic rings. The number of carbonyl (C=O) groups is 1. The van der Waals surface area contributed by atoms with E-state index in [-0.39, 0.29) is 11.3 Å². The Morgan fingerprint density at radius 2 is 1.95 bits per heavy atom. The van der Waals surface area contributed by atoms with Crippen LogP contribution in [0, 0.1) is 5.41 Å². The molecule has 2 atom stereocenters. The molecule has 0 radical (unpaired) electrons. The van der Waals surface area contributed by atoms with Gasteiger partial charge in [-0.25, -0.2) is 0 Å². The maximum absolute atomic E-state index is 12.7. The summed E-state index contributed by atoms with van der Waals surface area (Å²) in [5.41, 5.74) is 5.70. The van der Waals surface area contributed by atoms with Gasteiger partial charge < -0.3 is 11.1 Å². The van der Waals surface area contributed by atoms with Crippen molar-refractivity contribution in [2.75, 3.05) is 12.8 Å². The van der Waals surface area contributed by atoms with Gasteiger partial charge in [0.05, 0.1) is 5.41 Å². The summed E-state index contributed by atoms with van der Waals surface area (Å²) < 4.78 is 0. The Balaban J connectivity index is 1.93. The quantitative estimate of drug-likeness (QED) is 0.780. The predicted octanol–water partition coefficient (Wildman–Crippen LogP) is 2.69. The zero-order valence-electron chi connectivity index (χ0n) is 12.1. The Bertz CT molecular complexity index is 301. The molecule has 0 spiro atoms. The van der Waals surface area contributed by atoms with Crippen molar-refractivity contribution >= 4 is 17.7 Å². The summed E-state index contributed by atoms with van der Waals surface area (Å²) >= 11 is 1.93. The van der Waals surface area contributed by atoms with Crippen molar-refractivity contribution in [2.24, 2.45) is 11.1 Å². The topological polar surface area (TPSA) is 55.1 Å². The van der Waals surface area contributed by atoms with Gasteiger partial charge in [-0.1, -0.05) is 25.7 Å². The number of hydrogen-bond acceptors (Lipinski definition) is 3. The maximum atomic E-state index is 12.7. The third-order valence-electron chi connectivity index (χ3n) is 4.99. The first-order valence-corrected chi connectivity index (χ1v) is 9.03. The number of carbonyl (C=O) groups excluding carboxylic acids is 1. The summed E-state index contributed by atoms with van der Waals surface area (Å²) in [5, 5.41) is 4.03. The molecule has 2 fully saturated rings. The monoisotopic (exact) mass is 284 g/mol. The maximum Gasteiger partial charge on any atom is 0.227 e. The van der Waals surface area contributed by atoms with E-state index >= 15 is 0 Å². The second-order valence-electron chi connectivity index (χ2n) is 6.24. The fraction of sp³-hybridized carbons (Fsp3) is 0.933. The number of nitrogens with one attached hydrogen (secondary N) is 1. The van der Waals surface area contributed by atoms with Crippen LogP contribution >= 0.6 is 11.8 Å². The van der Waals surface area contributed by atoms with E-state index in [0.717, 1.165) is 43.8 Å². The van der Waals surface area contributed by atoms with E-state index in [1.807, 2.05) is 11.8 Å². The van der Waals surface area contributed by atoms with E-state index in [2.05, 4.69) is 11.6 Å². The van der Waals surface area contributed by atoms with Crippen LogP contribution in [-0.4, -0.2) is 30.0 Å². The van der Waals surface area contributed by atoms with Gasteiger partial charge in [0.25, 0.3) is 0 Å². The third kappa shape index (κ3) is 3.66. The number of thioether (sulfide) groups is 1. The van der Waals surface area contributed by atoms with E-state index in [0.29, 0.717) is 12.6 Å². The van der Waals surface area contributed by atoms with Crippen LogP contribution in [0.15, 0.2) is 0 Å². The molecule has 4 heteroatoms. The van der Waals surface area contributed by atoms with Crippen LogP contribution in [-0.2, 0) is 4.79 Å². The van der Waals surface area contributed by atoms with Gasteiger partial charge in [-0.2, -0.15) is 11.8 Å². The highest BCUT2D eigenvalue weighted by Crippen LogP contribution is 2.35. The number of hydrogen-bond donors (Lipinski definition) is 2. The molecule has 3 nitrogen and oxygen atoms in total. The highest BCUT2D eigenvalue weighted by atomic mass is 32.2. The normalized spacial score (nSPS) is 30.8. The highest BCUT2D eigenvalue weighted by Gasteiger charge is 2.38. The molecule has 0 aliphatic heterocycles. The number of amides is 1. The second kappa shape index (κ2) is 6.98. The molecule has 2 saturated carbocycles. The van der Waals surface area contributed by atoms with E-state index < -0.39 is 0 Å². The van der Waals surface area contributed by atoms with Crippen LogP contribution in [0.3, 0.4) is 0 Å². The van der Waals surface area contributed by atoms with Crippen molar-refractivity contribution in [3.8, 4) is 0 Å². The lowest BCUT2D eigenvalue weighted by atomic mass is 9.79. The molecule has 0 bridgehead atoms. The molecule has 19 heavy (non-hydrogen) atoms. The van der Waals surface area contributed by atoms with Crippen LogP contribution in [0.5, 0.6) is 0 Å². The predicted molar refractivity (Wildman–Crippen MR) is 82.3 cm³/mol. The van der Waals surface area contributed by atoms with Gasteiger partial charge in [0.1, 0.15) is 0 Å².